The van der Waals surface area contributed by atoms with E-state index in [0.717, 1.165) is 36.2 Å². The molecule has 1 aromatic heterocycles. The molecule has 194 valence electrons. The van der Waals surface area contributed by atoms with E-state index in [2.05, 4.69) is 11.9 Å². The minimum Gasteiger partial charge on any atom is -0.492 e. The van der Waals surface area contributed by atoms with Gasteiger partial charge in [0.05, 0.1) is 24.1 Å². The Kier molecular flexibility index (Phi) is 8.41. The van der Waals surface area contributed by atoms with Crippen LogP contribution in [-0.4, -0.2) is 11.6 Å². The summed E-state index contributed by atoms with van der Waals surface area (Å²) in [7, 11) is 0. The van der Waals surface area contributed by atoms with Crippen LogP contribution in [0.1, 0.15) is 49.3 Å². The van der Waals surface area contributed by atoms with Gasteiger partial charge in [0.15, 0.2) is 0 Å². The van der Waals surface area contributed by atoms with Crippen LogP contribution >= 0.6 is 0 Å². The molecule has 4 aromatic rings. The van der Waals surface area contributed by atoms with Gasteiger partial charge in [-0.15, -0.1) is 0 Å². The van der Waals surface area contributed by atoms with Gasteiger partial charge < -0.3 is 4.74 Å². The first-order chi connectivity index (χ1) is 17.8. The molecule has 0 bridgehead atoms. The summed E-state index contributed by atoms with van der Waals surface area (Å²) in [6.45, 7) is 2.83. The topological polar surface area (TPSA) is 22.1 Å². The molecule has 0 amide bonds. The monoisotopic (exact) mass is 513 g/mol. The zero-order chi connectivity index (χ0) is 26.4. The van der Waals surface area contributed by atoms with E-state index in [1.54, 1.807) is 30.5 Å². The first-order valence-electron chi connectivity index (χ1n) is 12.4. The van der Waals surface area contributed by atoms with Crippen LogP contribution in [0.15, 0.2) is 66.9 Å². The molecule has 37 heavy (non-hydrogen) atoms. The molecule has 0 N–H and O–H groups in total. The maximum Gasteiger partial charge on any atom is 0.419 e. The average molecular weight is 514 g/mol. The molecule has 0 atom stereocenters. The number of halogens is 5. The number of aromatic nitrogens is 1. The fourth-order valence-electron chi connectivity index (χ4n) is 4.27. The number of unbranched alkanes of at least 4 members (excludes halogenated alkanes) is 3. The van der Waals surface area contributed by atoms with E-state index in [1.807, 2.05) is 18.2 Å². The second-order valence-electron chi connectivity index (χ2n) is 9.07. The lowest BCUT2D eigenvalue weighted by Crippen LogP contribution is -2.08. The Bertz CT molecular complexity index is 1350. The van der Waals surface area contributed by atoms with E-state index in [4.69, 9.17) is 4.74 Å². The summed E-state index contributed by atoms with van der Waals surface area (Å²) >= 11 is 0. The van der Waals surface area contributed by atoms with Gasteiger partial charge in [-0.25, -0.2) is 8.78 Å². The highest BCUT2D eigenvalue weighted by atomic mass is 19.4. The zero-order valence-corrected chi connectivity index (χ0v) is 20.5. The van der Waals surface area contributed by atoms with Crippen LogP contribution in [0, 0.1) is 11.6 Å². The molecule has 0 radical (unpaired) electrons. The van der Waals surface area contributed by atoms with Crippen molar-refractivity contribution in [2.45, 2.75) is 51.6 Å². The van der Waals surface area contributed by atoms with Crippen molar-refractivity contribution >= 4 is 10.8 Å². The molecule has 0 fully saturated rings. The normalized spacial score (nSPS) is 11.7. The minimum atomic E-state index is -4.74. The maximum atomic E-state index is 15.2. The number of fused-ring (bicyclic) bond motifs is 1. The largest absolute Gasteiger partial charge is 0.492 e. The third-order valence-electron chi connectivity index (χ3n) is 6.35. The Balaban J connectivity index is 1.43. The van der Waals surface area contributed by atoms with E-state index < -0.39 is 23.4 Å². The highest BCUT2D eigenvalue weighted by molar-refractivity contribution is 5.88. The van der Waals surface area contributed by atoms with Crippen LogP contribution in [0.4, 0.5) is 22.0 Å². The molecule has 1 heterocycles. The summed E-state index contributed by atoms with van der Waals surface area (Å²) in [5.41, 5.74) is 1.07. The molecule has 0 saturated carbocycles. The van der Waals surface area contributed by atoms with Gasteiger partial charge in [-0.3, -0.25) is 4.98 Å². The number of hydrogen-bond donors (Lipinski definition) is 0. The Morgan fingerprint density at radius 2 is 1.68 bits per heavy atom. The molecular weight excluding hydrogens is 485 g/mol. The van der Waals surface area contributed by atoms with Crippen molar-refractivity contribution in [3.8, 4) is 17.0 Å². The van der Waals surface area contributed by atoms with Gasteiger partial charge in [0.2, 0.25) is 0 Å². The Hall–Kier alpha value is -3.48. The highest BCUT2D eigenvalue weighted by Crippen LogP contribution is 2.32. The fraction of sp³-hybridized carbons (Fsp3) is 0.300. The van der Waals surface area contributed by atoms with Crippen LogP contribution in [0.3, 0.4) is 0 Å². The molecular formula is C30H28F5NO. The molecule has 0 aliphatic carbocycles. The van der Waals surface area contributed by atoms with Gasteiger partial charge in [-0.2, -0.15) is 13.2 Å². The SMILES string of the molecule is CCCCCCOc1ccc(-c2ccc3c(F)c(CCc4ccc(C(F)(F)F)c(F)c4)ccc3c2)nc1. The lowest BCUT2D eigenvalue weighted by Gasteiger charge is -2.11. The molecule has 0 aliphatic rings. The van der Waals surface area contributed by atoms with Crippen molar-refractivity contribution < 1.29 is 26.7 Å². The number of hydrogen-bond acceptors (Lipinski definition) is 2. The highest BCUT2D eigenvalue weighted by Gasteiger charge is 2.33. The lowest BCUT2D eigenvalue weighted by atomic mass is 9.98. The Morgan fingerprint density at radius 3 is 2.38 bits per heavy atom. The third kappa shape index (κ3) is 6.64. The van der Waals surface area contributed by atoms with Crippen molar-refractivity contribution in [2.24, 2.45) is 0 Å². The summed E-state index contributed by atoms with van der Waals surface area (Å²) in [4.78, 5) is 4.48. The number of nitrogens with zero attached hydrogens (tertiary/aromatic N) is 1. The van der Waals surface area contributed by atoms with E-state index in [0.29, 0.717) is 34.3 Å². The summed E-state index contributed by atoms with van der Waals surface area (Å²) in [5.74, 6) is -1.00. The summed E-state index contributed by atoms with van der Waals surface area (Å²) in [5, 5.41) is 1.14. The zero-order valence-electron chi connectivity index (χ0n) is 20.5. The third-order valence-corrected chi connectivity index (χ3v) is 6.35. The van der Waals surface area contributed by atoms with Gasteiger partial charge in [-0.1, -0.05) is 56.5 Å². The van der Waals surface area contributed by atoms with Crippen LogP contribution in [-0.2, 0) is 19.0 Å². The van der Waals surface area contributed by atoms with Crippen molar-refractivity contribution in [3.63, 3.8) is 0 Å². The van der Waals surface area contributed by atoms with Gasteiger partial charge in [-0.05, 0) is 66.1 Å². The predicted octanol–water partition coefficient (Wildman–Crippen LogP) is 8.94. The second kappa shape index (κ2) is 11.7. The van der Waals surface area contributed by atoms with E-state index in [-0.39, 0.29) is 12.8 Å². The number of ether oxygens (including phenoxy) is 1. The molecule has 0 aliphatic heterocycles. The van der Waals surface area contributed by atoms with Crippen molar-refractivity contribution in [2.75, 3.05) is 6.61 Å². The van der Waals surface area contributed by atoms with Crippen molar-refractivity contribution in [1.82, 2.24) is 4.98 Å². The summed E-state index contributed by atoms with van der Waals surface area (Å²) in [6, 6.07) is 15.4. The number of aryl methyl sites for hydroxylation is 2. The predicted molar refractivity (Wildman–Crippen MR) is 136 cm³/mol. The number of alkyl halides is 3. The second-order valence-corrected chi connectivity index (χ2v) is 9.07. The summed E-state index contributed by atoms with van der Waals surface area (Å²) in [6.07, 6.45) is 1.92. The lowest BCUT2D eigenvalue weighted by molar-refractivity contribution is -0.140. The minimum absolute atomic E-state index is 0.215. The maximum absolute atomic E-state index is 15.2. The van der Waals surface area contributed by atoms with Crippen molar-refractivity contribution in [1.29, 1.82) is 0 Å². The summed E-state index contributed by atoms with van der Waals surface area (Å²) < 4.78 is 73.1. The number of rotatable bonds is 10. The van der Waals surface area contributed by atoms with Gasteiger partial charge in [0.25, 0.3) is 0 Å². The number of benzene rings is 3. The standard InChI is InChI=1S/C30H28F5NO/c1-2-3-4-5-16-37-24-12-15-28(36-19-24)23-11-13-25-22(18-23)10-9-21(29(25)32)8-6-20-7-14-26(27(31)17-20)30(33,34)35/h7,9-15,17-19H,2-6,8,16H2,1H3. The Morgan fingerprint density at radius 1 is 0.838 bits per heavy atom. The molecule has 0 unspecified atom stereocenters. The van der Waals surface area contributed by atoms with Gasteiger partial charge >= 0.3 is 6.18 Å². The van der Waals surface area contributed by atoms with Gasteiger partial charge in [0.1, 0.15) is 17.4 Å². The molecule has 7 heteroatoms. The molecule has 3 aromatic carbocycles. The van der Waals surface area contributed by atoms with Crippen LogP contribution < -0.4 is 4.74 Å². The van der Waals surface area contributed by atoms with Crippen LogP contribution in [0.5, 0.6) is 5.75 Å². The van der Waals surface area contributed by atoms with Crippen LogP contribution in [0.2, 0.25) is 0 Å². The molecule has 4 rings (SSSR count). The average Bonchev–Trinajstić information content (AvgIpc) is 2.87. The van der Waals surface area contributed by atoms with E-state index in [9.17, 15) is 17.6 Å². The fourth-order valence-corrected chi connectivity index (χ4v) is 4.27. The first-order valence-corrected chi connectivity index (χ1v) is 12.4. The van der Waals surface area contributed by atoms with Crippen molar-refractivity contribution in [3.05, 3.63) is 95.2 Å². The van der Waals surface area contributed by atoms with E-state index in [1.165, 1.54) is 18.9 Å². The number of pyridine rings is 1. The molecule has 2 nitrogen and oxygen atoms in total. The van der Waals surface area contributed by atoms with Gasteiger partial charge in [0, 0.05) is 10.9 Å². The quantitative estimate of drug-likeness (QED) is 0.156. The Labute approximate surface area is 213 Å². The molecule has 0 spiro atoms. The smallest absolute Gasteiger partial charge is 0.419 e. The first kappa shape index (κ1) is 26.6. The van der Waals surface area contributed by atoms with Crippen LogP contribution in [0.25, 0.3) is 22.0 Å². The van der Waals surface area contributed by atoms with E-state index >= 15 is 4.39 Å². The molecule has 0 saturated heterocycles.